The molecule has 9 heteroatoms. The van der Waals surface area contributed by atoms with E-state index in [1.807, 2.05) is 30.3 Å². The number of thiazole rings is 1. The van der Waals surface area contributed by atoms with Crippen molar-refractivity contribution in [2.24, 2.45) is 5.73 Å². The second-order valence-electron chi connectivity index (χ2n) is 6.10. The zero-order chi connectivity index (χ0) is 20.2. The van der Waals surface area contributed by atoms with Crippen LogP contribution >= 0.6 is 11.3 Å². The molecule has 144 valence electrons. The Morgan fingerprint density at radius 2 is 1.62 bits per heavy atom. The standard InChI is InChI=1S/C20H15N5O3S/c21-16(26)10-15-11-29-20(22-15)23-17(27)12-6-8-14(9-7-12)19-25-24-18(28-19)13-4-2-1-3-5-13/h1-9,11H,10H2,(H2,21,26)(H,22,23,27). The molecule has 0 atom stereocenters. The van der Waals surface area contributed by atoms with Gasteiger partial charge in [0.15, 0.2) is 5.13 Å². The maximum absolute atomic E-state index is 12.4. The number of rotatable bonds is 6. The van der Waals surface area contributed by atoms with Crippen molar-refractivity contribution in [1.82, 2.24) is 15.2 Å². The van der Waals surface area contributed by atoms with Crippen LogP contribution in [0.3, 0.4) is 0 Å². The van der Waals surface area contributed by atoms with Crippen LogP contribution in [0.5, 0.6) is 0 Å². The van der Waals surface area contributed by atoms with Crippen LogP contribution in [0.4, 0.5) is 5.13 Å². The summed E-state index contributed by atoms with van der Waals surface area (Å²) in [5.41, 5.74) is 7.66. The van der Waals surface area contributed by atoms with Crippen LogP contribution in [0.2, 0.25) is 0 Å². The maximum Gasteiger partial charge on any atom is 0.257 e. The number of carbonyl (C=O) groups excluding carboxylic acids is 2. The van der Waals surface area contributed by atoms with E-state index in [9.17, 15) is 9.59 Å². The van der Waals surface area contributed by atoms with Gasteiger partial charge in [-0.05, 0) is 36.4 Å². The monoisotopic (exact) mass is 405 g/mol. The first-order valence-electron chi connectivity index (χ1n) is 8.62. The fraction of sp³-hybridized carbons (Fsp3) is 0.0500. The Morgan fingerprint density at radius 1 is 0.966 bits per heavy atom. The molecule has 0 unspecified atom stereocenters. The molecule has 4 aromatic rings. The summed E-state index contributed by atoms with van der Waals surface area (Å²) in [6.07, 6.45) is 0.0379. The molecule has 0 spiro atoms. The van der Waals surface area contributed by atoms with Crippen LogP contribution in [0, 0.1) is 0 Å². The molecular formula is C20H15N5O3S. The predicted octanol–water partition coefficient (Wildman–Crippen LogP) is 3.14. The van der Waals surface area contributed by atoms with Gasteiger partial charge >= 0.3 is 0 Å². The topological polar surface area (TPSA) is 124 Å². The van der Waals surface area contributed by atoms with E-state index in [4.69, 9.17) is 10.2 Å². The summed E-state index contributed by atoms with van der Waals surface area (Å²) in [7, 11) is 0. The number of hydrogen-bond donors (Lipinski definition) is 2. The molecule has 4 rings (SSSR count). The van der Waals surface area contributed by atoms with E-state index in [1.54, 1.807) is 29.6 Å². The number of primary amides is 1. The molecule has 2 amide bonds. The smallest absolute Gasteiger partial charge is 0.257 e. The number of amides is 2. The Balaban J connectivity index is 1.45. The van der Waals surface area contributed by atoms with Crippen molar-refractivity contribution in [2.45, 2.75) is 6.42 Å². The van der Waals surface area contributed by atoms with Gasteiger partial charge in [-0.2, -0.15) is 0 Å². The van der Waals surface area contributed by atoms with Crippen molar-refractivity contribution in [1.29, 1.82) is 0 Å². The molecule has 2 aromatic carbocycles. The fourth-order valence-corrected chi connectivity index (χ4v) is 3.30. The lowest BCUT2D eigenvalue weighted by Crippen LogP contribution is -2.14. The average Bonchev–Trinajstić information content (AvgIpc) is 3.38. The minimum atomic E-state index is -0.472. The van der Waals surface area contributed by atoms with Gasteiger partial charge in [-0.1, -0.05) is 18.2 Å². The van der Waals surface area contributed by atoms with Crippen LogP contribution < -0.4 is 11.1 Å². The molecule has 0 saturated heterocycles. The summed E-state index contributed by atoms with van der Waals surface area (Å²) in [6, 6.07) is 16.3. The van der Waals surface area contributed by atoms with E-state index in [0.717, 1.165) is 5.56 Å². The van der Waals surface area contributed by atoms with Crippen molar-refractivity contribution in [2.75, 3.05) is 5.32 Å². The molecule has 0 bridgehead atoms. The van der Waals surface area contributed by atoms with Crippen LogP contribution in [0.15, 0.2) is 64.4 Å². The number of anilines is 1. The van der Waals surface area contributed by atoms with Crippen molar-refractivity contribution < 1.29 is 14.0 Å². The average molecular weight is 405 g/mol. The molecule has 0 aliphatic heterocycles. The lowest BCUT2D eigenvalue weighted by atomic mass is 10.1. The number of aromatic nitrogens is 3. The van der Waals surface area contributed by atoms with Crippen molar-refractivity contribution in [3.63, 3.8) is 0 Å². The number of nitrogens with zero attached hydrogens (tertiary/aromatic N) is 3. The van der Waals surface area contributed by atoms with Crippen LogP contribution in [-0.4, -0.2) is 27.0 Å². The van der Waals surface area contributed by atoms with Gasteiger partial charge < -0.3 is 10.2 Å². The summed E-state index contributed by atoms with van der Waals surface area (Å²) in [4.78, 5) is 27.5. The highest BCUT2D eigenvalue weighted by molar-refractivity contribution is 7.14. The highest BCUT2D eigenvalue weighted by Gasteiger charge is 2.13. The van der Waals surface area contributed by atoms with E-state index >= 15 is 0 Å². The molecule has 29 heavy (non-hydrogen) atoms. The maximum atomic E-state index is 12.4. The molecule has 0 fully saturated rings. The molecule has 0 radical (unpaired) electrons. The van der Waals surface area contributed by atoms with E-state index in [-0.39, 0.29) is 12.3 Å². The van der Waals surface area contributed by atoms with Gasteiger partial charge in [0.05, 0.1) is 12.1 Å². The molecular weight excluding hydrogens is 390 g/mol. The van der Waals surface area contributed by atoms with E-state index in [2.05, 4.69) is 20.5 Å². The highest BCUT2D eigenvalue weighted by Crippen LogP contribution is 2.24. The van der Waals surface area contributed by atoms with E-state index in [0.29, 0.717) is 33.7 Å². The van der Waals surface area contributed by atoms with Gasteiger partial charge in [0.25, 0.3) is 5.91 Å². The minimum Gasteiger partial charge on any atom is -0.416 e. The number of nitrogens with two attached hydrogens (primary N) is 1. The summed E-state index contributed by atoms with van der Waals surface area (Å²) >= 11 is 1.23. The first-order chi connectivity index (χ1) is 14.1. The zero-order valence-corrected chi connectivity index (χ0v) is 15.8. The Morgan fingerprint density at radius 3 is 2.28 bits per heavy atom. The van der Waals surface area contributed by atoms with Crippen molar-refractivity contribution in [3.8, 4) is 22.9 Å². The van der Waals surface area contributed by atoms with Crippen molar-refractivity contribution >= 4 is 28.3 Å². The van der Waals surface area contributed by atoms with Crippen LogP contribution in [-0.2, 0) is 11.2 Å². The van der Waals surface area contributed by atoms with Gasteiger partial charge in [-0.3, -0.25) is 14.9 Å². The molecule has 3 N–H and O–H groups in total. The minimum absolute atomic E-state index is 0.0379. The number of carbonyl (C=O) groups is 2. The van der Waals surface area contributed by atoms with E-state index < -0.39 is 5.91 Å². The Bertz CT molecular complexity index is 1150. The number of hydrogen-bond acceptors (Lipinski definition) is 7. The van der Waals surface area contributed by atoms with Crippen molar-refractivity contribution in [3.05, 3.63) is 71.2 Å². The molecule has 2 heterocycles. The van der Waals surface area contributed by atoms with Gasteiger partial charge in [0, 0.05) is 22.1 Å². The van der Waals surface area contributed by atoms with Crippen LogP contribution in [0.1, 0.15) is 16.1 Å². The molecule has 0 aliphatic carbocycles. The summed E-state index contributed by atoms with van der Waals surface area (Å²) in [6.45, 7) is 0. The SMILES string of the molecule is NC(=O)Cc1csc(NC(=O)c2ccc(-c3nnc(-c4ccccc4)o3)cc2)n1. The van der Waals surface area contributed by atoms with Crippen LogP contribution in [0.25, 0.3) is 22.9 Å². The fourth-order valence-electron chi connectivity index (χ4n) is 2.59. The predicted molar refractivity (Wildman–Crippen MR) is 108 cm³/mol. The molecule has 0 saturated carbocycles. The third-order valence-corrected chi connectivity index (χ3v) is 4.77. The third kappa shape index (κ3) is 4.36. The largest absolute Gasteiger partial charge is 0.416 e. The zero-order valence-electron chi connectivity index (χ0n) is 15.0. The first kappa shape index (κ1) is 18.5. The lowest BCUT2D eigenvalue weighted by Gasteiger charge is -2.02. The van der Waals surface area contributed by atoms with E-state index in [1.165, 1.54) is 11.3 Å². The normalized spacial score (nSPS) is 10.6. The highest BCUT2D eigenvalue weighted by atomic mass is 32.1. The first-order valence-corrected chi connectivity index (χ1v) is 9.50. The summed E-state index contributed by atoms with van der Waals surface area (Å²) in [5, 5.41) is 12.9. The summed E-state index contributed by atoms with van der Waals surface area (Å²) in [5.74, 6) is 0.0111. The quantitative estimate of drug-likeness (QED) is 0.508. The second-order valence-corrected chi connectivity index (χ2v) is 6.96. The summed E-state index contributed by atoms with van der Waals surface area (Å²) < 4.78 is 5.72. The second kappa shape index (κ2) is 8.03. The Labute approximate surface area is 169 Å². The molecule has 8 nitrogen and oxygen atoms in total. The van der Waals surface area contributed by atoms with Gasteiger partial charge in [0.1, 0.15) is 0 Å². The number of nitrogens with one attached hydrogen (secondary N) is 1. The Kier molecular flexibility index (Phi) is 5.12. The molecule has 0 aliphatic rings. The number of benzene rings is 2. The van der Waals surface area contributed by atoms with Gasteiger partial charge in [0.2, 0.25) is 17.7 Å². The Hall–Kier alpha value is -3.85. The lowest BCUT2D eigenvalue weighted by molar-refractivity contribution is -0.117. The van der Waals surface area contributed by atoms with Gasteiger partial charge in [-0.15, -0.1) is 21.5 Å². The third-order valence-electron chi connectivity index (χ3n) is 3.97. The van der Waals surface area contributed by atoms with Gasteiger partial charge in [-0.25, -0.2) is 4.98 Å². The molecule has 2 aromatic heterocycles.